The van der Waals surface area contributed by atoms with E-state index in [2.05, 4.69) is 10.1 Å². The summed E-state index contributed by atoms with van der Waals surface area (Å²) in [4.78, 5) is 38.6. The molecule has 1 aliphatic rings. The molecule has 1 N–H and O–H groups in total. The third-order valence-electron chi connectivity index (χ3n) is 5.06. The molecule has 1 saturated heterocycles. The lowest BCUT2D eigenvalue weighted by molar-refractivity contribution is 0.0600. The van der Waals surface area contributed by atoms with Crippen molar-refractivity contribution < 1.29 is 28.2 Å². The molecule has 0 aliphatic carbocycles. The van der Waals surface area contributed by atoms with Gasteiger partial charge in [0, 0.05) is 24.7 Å². The highest BCUT2D eigenvalue weighted by Gasteiger charge is 2.30. The van der Waals surface area contributed by atoms with Crippen molar-refractivity contribution in [2.45, 2.75) is 12.8 Å². The fourth-order valence-electron chi connectivity index (χ4n) is 3.48. The van der Waals surface area contributed by atoms with Crippen LogP contribution in [0.25, 0.3) is 0 Å². The molecular formula is C22H23FN2O5. The van der Waals surface area contributed by atoms with Crippen LogP contribution in [0.3, 0.4) is 0 Å². The number of hydrogen-bond donors (Lipinski definition) is 1. The zero-order valence-corrected chi connectivity index (χ0v) is 16.8. The number of hydrogen-bond acceptors (Lipinski definition) is 5. The second kappa shape index (κ2) is 9.39. The third kappa shape index (κ3) is 4.76. The lowest BCUT2D eigenvalue weighted by atomic mass is 9.89. The van der Waals surface area contributed by atoms with Gasteiger partial charge >= 0.3 is 12.0 Å². The summed E-state index contributed by atoms with van der Waals surface area (Å²) in [5.41, 5.74) is 1.08. The number of carbonyl (C=O) groups is 3. The highest BCUT2D eigenvalue weighted by molar-refractivity contribution is 6.01. The van der Waals surface area contributed by atoms with E-state index in [-0.39, 0.29) is 23.9 Å². The van der Waals surface area contributed by atoms with Crippen molar-refractivity contribution in [3.63, 3.8) is 0 Å². The van der Waals surface area contributed by atoms with Crippen LogP contribution in [-0.2, 0) is 4.74 Å². The number of nitrogens with one attached hydrogen (secondary N) is 1. The molecule has 0 radical (unpaired) electrons. The number of methoxy groups -OCH3 is 2. The number of benzene rings is 2. The van der Waals surface area contributed by atoms with Gasteiger partial charge in [0.05, 0.1) is 25.3 Å². The Morgan fingerprint density at radius 3 is 2.50 bits per heavy atom. The number of ether oxygens (including phenoxy) is 2. The summed E-state index contributed by atoms with van der Waals surface area (Å²) in [5, 5.41) is 2.77. The molecule has 2 aromatic carbocycles. The maximum absolute atomic E-state index is 13.6. The molecule has 0 aromatic heterocycles. The second-order valence-electron chi connectivity index (χ2n) is 6.99. The molecule has 7 nitrogen and oxygen atoms in total. The normalized spacial score (nSPS) is 16.0. The number of likely N-dealkylation sites (tertiary alicyclic amines) is 1. The lowest BCUT2D eigenvalue weighted by Crippen LogP contribution is -2.44. The summed E-state index contributed by atoms with van der Waals surface area (Å²) in [6, 6.07) is 9.81. The number of anilines is 1. The Kier molecular flexibility index (Phi) is 6.66. The molecule has 3 rings (SSSR count). The highest BCUT2D eigenvalue weighted by atomic mass is 19.1. The largest absolute Gasteiger partial charge is 0.496 e. The average Bonchev–Trinajstić information content (AvgIpc) is 2.78. The van der Waals surface area contributed by atoms with E-state index in [4.69, 9.17) is 4.74 Å². The Balaban J connectivity index is 1.67. The minimum absolute atomic E-state index is 0.183. The smallest absolute Gasteiger partial charge is 0.337 e. The van der Waals surface area contributed by atoms with Gasteiger partial charge in [0.15, 0.2) is 5.78 Å². The first-order valence-corrected chi connectivity index (χ1v) is 9.55. The number of rotatable bonds is 5. The SMILES string of the molecule is COC(=O)c1ccc(NC(=O)N2CCC[C@H](C(=O)c3cc(F)ccc3OC)C2)cc1. The van der Waals surface area contributed by atoms with E-state index in [9.17, 15) is 18.8 Å². The summed E-state index contributed by atoms with van der Waals surface area (Å²) < 4.78 is 23.5. The summed E-state index contributed by atoms with van der Waals surface area (Å²) in [6.07, 6.45) is 1.26. The van der Waals surface area contributed by atoms with Gasteiger partial charge in [-0.15, -0.1) is 0 Å². The van der Waals surface area contributed by atoms with Gasteiger partial charge in [-0.05, 0) is 55.3 Å². The number of halogens is 1. The van der Waals surface area contributed by atoms with Gasteiger partial charge < -0.3 is 19.7 Å². The van der Waals surface area contributed by atoms with Gasteiger partial charge in [-0.2, -0.15) is 0 Å². The quantitative estimate of drug-likeness (QED) is 0.595. The van der Waals surface area contributed by atoms with E-state index >= 15 is 0 Å². The Bertz CT molecular complexity index is 945. The van der Waals surface area contributed by atoms with Crippen molar-refractivity contribution >= 4 is 23.5 Å². The summed E-state index contributed by atoms with van der Waals surface area (Å²) in [7, 11) is 2.72. The summed E-state index contributed by atoms with van der Waals surface area (Å²) >= 11 is 0. The fourth-order valence-corrected chi connectivity index (χ4v) is 3.48. The third-order valence-corrected chi connectivity index (χ3v) is 5.06. The molecule has 158 valence electrons. The molecule has 0 unspecified atom stereocenters. The van der Waals surface area contributed by atoms with E-state index in [1.165, 1.54) is 32.4 Å². The molecule has 2 aromatic rings. The maximum atomic E-state index is 13.6. The molecule has 0 saturated carbocycles. The molecule has 1 fully saturated rings. The number of urea groups is 1. The highest BCUT2D eigenvalue weighted by Crippen LogP contribution is 2.27. The van der Waals surface area contributed by atoms with E-state index in [1.54, 1.807) is 29.2 Å². The van der Waals surface area contributed by atoms with Gasteiger partial charge in [-0.1, -0.05) is 0 Å². The van der Waals surface area contributed by atoms with Crippen molar-refractivity contribution in [2.75, 3.05) is 32.6 Å². The molecule has 0 spiro atoms. The van der Waals surface area contributed by atoms with Gasteiger partial charge in [0.2, 0.25) is 0 Å². The fraction of sp³-hybridized carbons (Fsp3) is 0.318. The first kappa shape index (κ1) is 21.3. The Morgan fingerprint density at radius 2 is 1.83 bits per heavy atom. The standard InChI is InChI=1S/C22H23FN2O5/c1-29-19-10-7-16(23)12-18(19)20(26)15-4-3-11-25(13-15)22(28)24-17-8-5-14(6-9-17)21(27)30-2/h5-10,12,15H,3-4,11,13H2,1-2H3,(H,24,28)/t15-/m0/s1. The van der Waals surface area contributed by atoms with Crippen molar-refractivity contribution in [1.29, 1.82) is 0 Å². The minimum atomic E-state index is -0.514. The topological polar surface area (TPSA) is 84.9 Å². The maximum Gasteiger partial charge on any atom is 0.337 e. The number of esters is 1. The van der Waals surface area contributed by atoms with Crippen LogP contribution in [0.15, 0.2) is 42.5 Å². The Morgan fingerprint density at radius 1 is 1.10 bits per heavy atom. The zero-order valence-electron chi connectivity index (χ0n) is 16.8. The van der Waals surface area contributed by atoms with Gasteiger partial charge in [0.1, 0.15) is 11.6 Å². The minimum Gasteiger partial charge on any atom is -0.496 e. The summed E-state index contributed by atoms with van der Waals surface area (Å²) in [5.74, 6) is -1.35. The van der Waals surface area contributed by atoms with E-state index in [1.807, 2.05) is 0 Å². The van der Waals surface area contributed by atoms with Crippen molar-refractivity contribution in [3.05, 3.63) is 59.4 Å². The lowest BCUT2D eigenvalue weighted by Gasteiger charge is -2.32. The van der Waals surface area contributed by atoms with E-state index in [0.717, 1.165) is 0 Å². The molecule has 2 amide bonds. The van der Waals surface area contributed by atoms with Crippen LogP contribution in [0, 0.1) is 11.7 Å². The van der Waals surface area contributed by atoms with Crippen LogP contribution < -0.4 is 10.1 Å². The van der Waals surface area contributed by atoms with E-state index in [0.29, 0.717) is 36.4 Å². The predicted octanol–water partition coefficient (Wildman–Crippen LogP) is 3.75. The number of Topliss-reactive ketones (excluding diaryl/α,β-unsaturated/α-hetero) is 1. The molecular weight excluding hydrogens is 391 g/mol. The van der Waals surface area contributed by atoms with Crippen molar-refractivity contribution in [1.82, 2.24) is 4.90 Å². The molecule has 1 heterocycles. The molecule has 30 heavy (non-hydrogen) atoms. The monoisotopic (exact) mass is 414 g/mol. The van der Waals surface area contributed by atoms with Crippen LogP contribution in [-0.4, -0.2) is 50.0 Å². The van der Waals surface area contributed by atoms with Crippen LogP contribution in [0.1, 0.15) is 33.6 Å². The Hall–Kier alpha value is -3.42. The van der Waals surface area contributed by atoms with Crippen molar-refractivity contribution in [3.8, 4) is 5.75 Å². The van der Waals surface area contributed by atoms with Gasteiger partial charge in [-0.25, -0.2) is 14.0 Å². The molecule has 8 heteroatoms. The number of amides is 2. The van der Waals surface area contributed by atoms with Crippen LogP contribution in [0.4, 0.5) is 14.9 Å². The first-order chi connectivity index (χ1) is 14.4. The van der Waals surface area contributed by atoms with Crippen LogP contribution >= 0.6 is 0 Å². The van der Waals surface area contributed by atoms with Crippen LogP contribution in [0.2, 0.25) is 0 Å². The molecule has 1 aliphatic heterocycles. The number of ketones is 1. The first-order valence-electron chi connectivity index (χ1n) is 9.55. The average molecular weight is 414 g/mol. The second-order valence-corrected chi connectivity index (χ2v) is 6.99. The van der Waals surface area contributed by atoms with Gasteiger partial charge in [0.25, 0.3) is 0 Å². The Labute approximate surface area is 173 Å². The van der Waals surface area contributed by atoms with Crippen LogP contribution in [0.5, 0.6) is 5.75 Å². The van der Waals surface area contributed by atoms with E-state index < -0.39 is 17.7 Å². The predicted molar refractivity (Wildman–Crippen MR) is 108 cm³/mol. The number of piperidine rings is 1. The zero-order chi connectivity index (χ0) is 21.7. The van der Waals surface area contributed by atoms with Gasteiger partial charge in [-0.3, -0.25) is 4.79 Å². The number of nitrogens with zero attached hydrogens (tertiary/aromatic N) is 1. The molecule has 1 atom stereocenters. The number of carbonyl (C=O) groups excluding carboxylic acids is 3. The summed E-state index contributed by atoms with van der Waals surface area (Å²) in [6.45, 7) is 0.737. The molecule has 0 bridgehead atoms. The van der Waals surface area contributed by atoms with Crippen molar-refractivity contribution in [2.24, 2.45) is 5.92 Å².